The summed E-state index contributed by atoms with van der Waals surface area (Å²) in [5.41, 5.74) is 1.62. The molecule has 0 aliphatic carbocycles. The monoisotopic (exact) mass is 476 g/mol. The lowest BCUT2D eigenvalue weighted by molar-refractivity contribution is -0.122. The first kappa shape index (κ1) is 21.5. The molecular formula is C25H17ClN2O6. The maximum Gasteiger partial charge on any atom is 0.335 e. The molecule has 2 aliphatic heterocycles. The molecule has 1 saturated heterocycles. The Morgan fingerprint density at radius 2 is 1.68 bits per heavy atom. The maximum atomic E-state index is 13.1. The van der Waals surface area contributed by atoms with Gasteiger partial charge in [0.2, 0.25) is 6.79 Å². The molecule has 0 saturated carbocycles. The number of rotatable bonds is 5. The van der Waals surface area contributed by atoms with Gasteiger partial charge in [-0.3, -0.25) is 14.9 Å². The van der Waals surface area contributed by atoms with Gasteiger partial charge < -0.3 is 14.2 Å². The molecule has 0 spiro atoms. The lowest BCUT2D eigenvalue weighted by Gasteiger charge is -2.26. The fourth-order valence-electron chi connectivity index (χ4n) is 3.50. The molecule has 4 amide bonds. The van der Waals surface area contributed by atoms with E-state index in [1.54, 1.807) is 54.6 Å². The van der Waals surface area contributed by atoms with Crippen molar-refractivity contribution in [2.45, 2.75) is 6.61 Å². The Balaban J connectivity index is 1.34. The Morgan fingerprint density at radius 3 is 2.44 bits per heavy atom. The molecule has 9 heteroatoms. The molecule has 8 nitrogen and oxygen atoms in total. The number of ether oxygens (including phenoxy) is 3. The van der Waals surface area contributed by atoms with Crippen molar-refractivity contribution in [3.63, 3.8) is 0 Å². The van der Waals surface area contributed by atoms with Crippen LogP contribution < -0.4 is 24.4 Å². The minimum absolute atomic E-state index is 0.108. The number of nitrogens with zero attached hydrogens (tertiary/aromatic N) is 1. The standard InChI is InChI=1S/C25H17ClN2O6/c26-17-4-1-15(2-5-17)13-32-19-8-6-18(7-9-19)28-24(30)20(23(29)27-25(28)31)11-16-3-10-21-22(12-16)34-14-33-21/h1-12H,13-14H2,(H,27,29,31). The molecule has 0 aromatic heterocycles. The molecule has 3 aromatic carbocycles. The number of benzene rings is 3. The van der Waals surface area contributed by atoms with Gasteiger partial charge in [0, 0.05) is 5.02 Å². The molecule has 2 aliphatic rings. The van der Waals surface area contributed by atoms with Crippen LogP contribution in [0.1, 0.15) is 11.1 Å². The zero-order valence-corrected chi connectivity index (χ0v) is 18.4. The van der Waals surface area contributed by atoms with E-state index in [1.165, 1.54) is 6.08 Å². The highest BCUT2D eigenvalue weighted by Crippen LogP contribution is 2.33. The van der Waals surface area contributed by atoms with Crippen LogP contribution in [0.5, 0.6) is 17.2 Å². The highest BCUT2D eigenvalue weighted by Gasteiger charge is 2.36. The van der Waals surface area contributed by atoms with Crippen LogP contribution in [0.15, 0.2) is 72.3 Å². The summed E-state index contributed by atoms with van der Waals surface area (Å²) < 4.78 is 16.4. The van der Waals surface area contributed by atoms with Crippen molar-refractivity contribution in [3.05, 3.63) is 88.5 Å². The van der Waals surface area contributed by atoms with Crippen molar-refractivity contribution < 1.29 is 28.6 Å². The van der Waals surface area contributed by atoms with Gasteiger partial charge in [0.25, 0.3) is 11.8 Å². The van der Waals surface area contributed by atoms with Crippen molar-refractivity contribution in [1.82, 2.24) is 5.32 Å². The summed E-state index contributed by atoms with van der Waals surface area (Å²) in [5.74, 6) is 0.140. The molecule has 2 heterocycles. The predicted octanol–water partition coefficient (Wildman–Crippen LogP) is 4.31. The molecular weight excluding hydrogens is 460 g/mol. The Labute approximate surface area is 199 Å². The third kappa shape index (κ3) is 4.31. The van der Waals surface area contributed by atoms with Crippen molar-refractivity contribution >= 4 is 41.2 Å². The van der Waals surface area contributed by atoms with Gasteiger partial charge in [0.05, 0.1) is 5.69 Å². The Bertz CT molecular complexity index is 1320. The second-order valence-electron chi connectivity index (χ2n) is 7.48. The van der Waals surface area contributed by atoms with E-state index in [9.17, 15) is 14.4 Å². The summed E-state index contributed by atoms with van der Waals surface area (Å²) in [4.78, 5) is 38.8. The first-order chi connectivity index (χ1) is 16.5. The fourth-order valence-corrected chi connectivity index (χ4v) is 3.63. The Hall–Kier alpha value is -4.30. The molecule has 0 radical (unpaired) electrons. The van der Waals surface area contributed by atoms with Crippen LogP contribution in [-0.4, -0.2) is 24.6 Å². The van der Waals surface area contributed by atoms with Crippen molar-refractivity contribution in [2.24, 2.45) is 0 Å². The van der Waals surface area contributed by atoms with E-state index in [0.717, 1.165) is 10.5 Å². The molecule has 1 fully saturated rings. The number of urea groups is 1. The minimum Gasteiger partial charge on any atom is -0.489 e. The van der Waals surface area contributed by atoms with Gasteiger partial charge in [0.15, 0.2) is 11.5 Å². The SMILES string of the molecule is O=C1NC(=O)N(c2ccc(OCc3ccc(Cl)cc3)cc2)C(=O)C1=Cc1ccc2c(c1)OCO2. The summed E-state index contributed by atoms with van der Waals surface area (Å²) in [5, 5.41) is 2.85. The summed E-state index contributed by atoms with van der Waals surface area (Å²) in [7, 11) is 0. The number of carbonyl (C=O) groups is 3. The van der Waals surface area contributed by atoms with Crippen LogP contribution >= 0.6 is 11.6 Å². The fraction of sp³-hybridized carbons (Fsp3) is 0.0800. The topological polar surface area (TPSA) is 94.2 Å². The average molecular weight is 477 g/mol. The number of amides is 4. The van der Waals surface area contributed by atoms with Gasteiger partial charge in [-0.15, -0.1) is 0 Å². The van der Waals surface area contributed by atoms with E-state index < -0.39 is 17.8 Å². The molecule has 170 valence electrons. The lowest BCUT2D eigenvalue weighted by Crippen LogP contribution is -2.54. The van der Waals surface area contributed by atoms with Crippen molar-refractivity contribution in [2.75, 3.05) is 11.7 Å². The quantitative estimate of drug-likeness (QED) is 0.435. The lowest BCUT2D eigenvalue weighted by atomic mass is 10.1. The number of imide groups is 2. The van der Waals surface area contributed by atoms with E-state index in [-0.39, 0.29) is 12.4 Å². The first-order valence-corrected chi connectivity index (χ1v) is 10.6. The van der Waals surface area contributed by atoms with Gasteiger partial charge in [-0.2, -0.15) is 0 Å². The summed E-state index contributed by atoms with van der Waals surface area (Å²) in [6.07, 6.45) is 1.41. The first-order valence-electron chi connectivity index (χ1n) is 10.3. The van der Waals surface area contributed by atoms with Crippen LogP contribution in [0, 0.1) is 0 Å². The van der Waals surface area contributed by atoms with E-state index in [4.69, 9.17) is 25.8 Å². The normalized spacial score (nSPS) is 16.1. The maximum absolute atomic E-state index is 13.1. The Kier molecular flexibility index (Phi) is 5.65. The zero-order chi connectivity index (χ0) is 23.7. The highest BCUT2D eigenvalue weighted by atomic mass is 35.5. The third-order valence-electron chi connectivity index (χ3n) is 5.22. The number of nitrogens with one attached hydrogen (secondary N) is 1. The molecule has 0 atom stereocenters. The van der Waals surface area contributed by atoms with Gasteiger partial charge in [0.1, 0.15) is 17.9 Å². The number of fused-ring (bicyclic) bond motifs is 1. The molecule has 0 unspecified atom stereocenters. The van der Waals surface area contributed by atoms with E-state index >= 15 is 0 Å². The second kappa shape index (κ2) is 8.92. The van der Waals surface area contributed by atoms with Crippen LogP contribution in [0.4, 0.5) is 10.5 Å². The largest absolute Gasteiger partial charge is 0.489 e. The van der Waals surface area contributed by atoms with Gasteiger partial charge in [-0.05, 0) is 65.7 Å². The van der Waals surface area contributed by atoms with Crippen molar-refractivity contribution in [3.8, 4) is 17.2 Å². The van der Waals surface area contributed by atoms with Gasteiger partial charge in [-0.1, -0.05) is 29.8 Å². The number of barbiturate groups is 1. The minimum atomic E-state index is -0.826. The number of halogens is 1. The summed E-state index contributed by atoms with van der Waals surface area (Å²) in [6, 6.07) is 17.9. The molecule has 0 bridgehead atoms. The molecule has 34 heavy (non-hydrogen) atoms. The van der Waals surface area contributed by atoms with Gasteiger partial charge >= 0.3 is 6.03 Å². The molecule has 3 aromatic rings. The second-order valence-corrected chi connectivity index (χ2v) is 7.92. The third-order valence-corrected chi connectivity index (χ3v) is 5.47. The van der Waals surface area contributed by atoms with Crippen LogP contribution in [0.25, 0.3) is 6.08 Å². The number of hydrogen-bond donors (Lipinski definition) is 1. The number of carbonyl (C=O) groups excluding carboxylic acids is 3. The van der Waals surface area contributed by atoms with Crippen LogP contribution in [0.3, 0.4) is 0 Å². The summed E-state index contributed by atoms with van der Waals surface area (Å²) >= 11 is 5.89. The zero-order valence-electron chi connectivity index (χ0n) is 17.6. The molecule has 1 N–H and O–H groups in total. The predicted molar refractivity (Wildman–Crippen MR) is 124 cm³/mol. The van der Waals surface area contributed by atoms with Gasteiger partial charge in [-0.25, -0.2) is 9.69 Å². The average Bonchev–Trinajstić information content (AvgIpc) is 3.30. The summed E-state index contributed by atoms with van der Waals surface area (Å²) in [6.45, 7) is 0.438. The van der Waals surface area contributed by atoms with E-state index in [0.29, 0.717) is 40.1 Å². The highest BCUT2D eigenvalue weighted by molar-refractivity contribution is 6.39. The smallest absolute Gasteiger partial charge is 0.335 e. The number of hydrogen-bond acceptors (Lipinski definition) is 6. The van der Waals surface area contributed by atoms with E-state index in [1.807, 2.05) is 12.1 Å². The van der Waals surface area contributed by atoms with Crippen molar-refractivity contribution in [1.29, 1.82) is 0 Å². The molecule has 5 rings (SSSR count). The number of anilines is 1. The van der Waals surface area contributed by atoms with Crippen LogP contribution in [0.2, 0.25) is 5.02 Å². The Morgan fingerprint density at radius 1 is 0.941 bits per heavy atom. The van der Waals surface area contributed by atoms with E-state index in [2.05, 4.69) is 5.32 Å². The van der Waals surface area contributed by atoms with Crippen LogP contribution in [-0.2, 0) is 16.2 Å².